The summed E-state index contributed by atoms with van der Waals surface area (Å²) in [5.74, 6) is -0.201. The highest BCUT2D eigenvalue weighted by Gasteiger charge is 2.01. The van der Waals surface area contributed by atoms with Gasteiger partial charge in [0.1, 0.15) is 5.82 Å². The van der Waals surface area contributed by atoms with Crippen molar-refractivity contribution >= 4 is 26.8 Å². The van der Waals surface area contributed by atoms with E-state index in [4.69, 9.17) is 0 Å². The number of hydrogen-bond acceptors (Lipinski definition) is 0. The van der Waals surface area contributed by atoms with Crippen LogP contribution in [-0.2, 0) is 6.54 Å². The van der Waals surface area contributed by atoms with Crippen LogP contribution in [0.2, 0.25) is 0 Å². The Morgan fingerprint density at radius 2 is 2.21 bits per heavy atom. The molecular formula is C11H9BrFN. The Hall–Kier alpha value is -1.09. The zero-order valence-electron chi connectivity index (χ0n) is 7.50. The van der Waals surface area contributed by atoms with E-state index in [0.29, 0.717) is 6.54 Å². The van der Waals surface area contributed by atoms with Gasteiger partial charge in [-0.25, -0.2) is 4.39 Å². The van der Waals surface area contributed by atoms with Gasteiger partial charge in [0, 0.05) is 21.6 Å². The molecule has 0 N–H and O–H groups in total. The predicted octanol–water partition coefficient (Wildman–Crippen LogP) is 3.69. The van der Waals surface area contributed by atoms with Crippen LogP contribution in [0.5, 0.6) is 0 Å². The summed E-state index contributed by atoms with van der Waals surface area (Å²) < 4.78 is 15.8. The summed E-state index contributed by atoms with van der Waals surface area (Å²) in [5, 5.41) is 0.916. The fourth-order valence-corrected chi connectivity index (χ4v) is 1.76. The van der Waals surface area contributed by atoms with Gasteiger partial charge < -0.3 is 4.57 Å². The molecule has 0 bridgehead atoms. The van der Waals surface area contributed by atoms with Gasteiger partial charge >= 0.3 is 0 Å². The van der Waals surface area contributed by atoms with E-state index in [1.54, 1.807) is 6.07 Å². The molecule has 2 rings (SSSR count). The quantitative estimate of drug-likeness (QED) is 0.770. The first-order chi connectivity index (χ1) is 6.66. The lowest BCUT2D eigenvalue weighted by Gasteiger charge is -2.02. The Bertz CT molecular complexity index is 487. The Labute approximate surface area is 90.0 Å². The van der Waals surface area contributed by atoms with Crippen molar-refractivity contribution in [1.82, 2.24) is 4.57 Å². The van der Waals surface area contributed by atoms with Gasteiger partial charge in [-0.3, -0.25) is 0 Å². The highest BCUT2D eigenvalue weighted by Crippen LogP contribution is 2.18. The second kappa shape index (κ2) is 3.58. The third-order valence-electron chi connectivity index (χ3n) is 2.07. The molecule has 0 atom stereocenters. The van der Waals surface area contributed by atoms with E-state index in [1.165, 1.54) is 12.1 Å². The van der Waals surface area contributed by atoms with Crippen molar-refractivity contribution in [2.45, 2.75) is 6.54 Å². The largest absolute Gasteiger partial charge is 0.343 e. The maximum Gasteiger partial charge on any atom is 0.123 e. The first-order valence-corrected chi connectivity index (χ1v) is 5.04. The van der Waals surface area contributed by atoms with Crippen molar-refractivity contribution in [3.05, 3.63) is 47.3 Å². The molecule has 1 aromatic heterocycles. The lowest BCUT2D eigenvalue weighted by Crippen LogP contribution is -1.94. The number of fused-ring (bicyclic) bond motifs is 1. The molecule has 0 saturated heterocycles. The van der Waals surface area contributed by atoms with Gasteiger partial charge in [0.05, 0.1) is 6.54 Å². The molecule has 3 heteroatoms. The number of nitrogens with zero attached hydrogens (tertiary/aromatic N) is 1. The monoisotopic (exact) mass is 253 g/mol. The van der Waals surface area contributed by atoms with Crippen LogP contribution in [0.1, 0.15) is 0 Å². The summed E-state index contributed by atoms with van der Waals surface area (Å²) in [7, 11) is 0. The number of rotatable bonds is 2. The molecule has 72 valence electrons. The first kappa shape index (κ1) is 9.46. The molecule has 0 aliphatic heterocycles. The van der Waals surface area contributed by atoms with E-state index in [0.717, 1.165) is 15.4 Å². The molecule has 1 nitrogen and oxygen atoms in total. The van der Waals surface area contributed by atoms with E-state index in [-0.39, 0.29) is 5.82 Å². The lowest BCUT2D eigenvalue weighted by molar-refractivity contribution is 0.629. The van der Waals surface area contributed by atoms with Crippen LogP contribution >= 0.6 is 15.9 Å². The topological polar surface area (TPSA) is 4.93 Å². The number of hydrogen-bond donors (Lipinski definition) is 0. The highest BCUT2D eigenvalue weighted by molar-refractivity contribution is 9.11. The average molecular weight is 254 g/mol. The third kappa shape index (κ3) is 1.73. The molecule has 1 heterocycles. The fraction of sp³-hybridized carbons (Fsp3) is 0.0909. The summed E-state index contributed by atoms with van der Waals surface area (Å²) in [6, 6.07) is 6.67. The smallest absolute Gasteiger partial charge is 0.123 e. The van der Waals surface area contributed by atoms with Crippen molar-refractivity contribution in [2.75, 3.05) is 0 Å². The van der Waals surface area contributed by atoms with Gasteiger partial charge in [-0.2, -0.15) is 0 Å². The Balaban J connectivity index is 2.52. The Kier molecular flexibility index (Phi) is 2.42. The van der Waals surface area contributed by atoms with Gasteiger partial charge in [-0.1, -0.05) is 22.5 Å². The van der Waals surface area contributed by atoms with Crippen molar-refractivity contribution in [1.29, 1.82) is 0 Å². The van der Waals surface area contributed by atoms with Crippen LogP contribution in [-0.4, -0.2) is 4.57 Å². The zero-order chi connectivity index (χ0) is 10.1. The van der Waals surface area contributed by atoms with E-state index in [1.807, 2.05) is 16.8 Å². The Morgan fingerprint density at radius 1 is 1.43 bits per heavy atom. The number of aromatic nitrogens is 1. The normalized spacial score (nSPS) is 10.7. The van der Waals surface area contributed by atoms with Gasteiger partial charge in [0.25, 0.3) is 0 Å². The molecule has 14 heavy (non-hydrogen) atoms. The molecule has 2 aromatic rings. The van der Waals surface area contributed by atoms with Crippen molar-refractivity contribution in [2.24, 2.45) is 0 Å². The lowest BCUT2D eigenvalue weighted by atomic mass is 10.2. The van der Waals surface area contributed by atoms with E-state index in [2.05, 4.69) is 22.5 Å². The molecule has 0 spiro atoms. The van der Waals surface area contributed by atoms with Gasteiger partial charge in [-0.15, -0.1) is 0 Å². The molecule has 0 fully saturated rings. The van der Waals surface area contributed by atoms with Crippen LogP contribution in [0.3, 0.4) is 0 Å². The second-order valence-corrected chi connectivity index (χ2v) is 4.29. The van der Waals surface area contributed by atoms with Crippen LogP contribution in [0.4, 0.5) is 4.39 Å². The average Bonchev–Trinajstić information content (AvgIpc) is 2.47. The summed E-state index contributed by atoms with van der Waals surface area (Å²) >= 11 is 3.31. The minimum absolute atomic E-state index is 0.201. The van der Waals surface area contributed by atoms with Gasteiger partial charge in [0.15, 0.2) is 0 Å². The molecule has 0 aliphatic rings. The minimum atomic E-state index is -0.201. The summed E-state index contributed by atoms with van der Waals surface area (Å²) in [6.07, 6.45) is 1.93. The molecule has 1 aromatic carbocycles. The van der Waals surface area contributed by atoms with E-state index in [9.17, 15) is 4.39 Å². The maximum atomic E-state index is 12.9. The van der Waals surface area contributed by atoms with Crippen LogP contribution in [0, 0.1) is 5.82 Å². The number of halogens is 2. The third-order valence-corrected chi connectivity index (χ3v) is 2.33. The van der Waals surface area contributed by atoms with E-state index < -0.39 is 0 Å². The number of allylic oxidation sites excluding steroid dienone is 1. The Morgan fingerprint density at radius 3 is 2.93 bits per heavy atom. The molecule has 0 radical (unpaired) electrons. The summed E-state index contributed by atoms with van der Waals surface area (Å²) in [4.78, 5) is 0. The molecular weight excluding hydrogens is 245 g/mol. The van der Waals surface area contributed by atoms with Gasteiger partial charge in [0.2, 0.25) is 0 Å². The summed E-state index contributed by atoms with van der Waals surface area (Å²) in [6.45, 7) is 4.48. The number of benzene rings is 1. The van der Waals surface area contributed by atoms with E-state index >= 15 is 0 Å². The zero-order valence-corrected chi connectivity index (χ0v) is 9.09. The first-order valence-electron chi connectivity index (χ1n) is 4.24. The van der Waals surface area contributed by atoms with Crippen molar-refractivity contribution in [3.63, 3.8) is 0 Å². The van der Waals surface area contributed by atoms with Crippen LogP contribution in [0.15, 0.2) is 41.5 Å². The SMILES string of the molecule is C=C(Br)Cn1ccc2cc(F)ccc21. The minimum Gasteiger partial charge on any atom is -0.343 e. The maximum absolute atomic E-state index is 12.9. The van der Waals surface area contributed by atoms with Crippen molar-refractivity contribution in [3.8, 4) is 0 Å². The summed E-state index contributed by atoms with van der Waals surface area (Å²) in [5.41, 5.74) is 1.02. The van der Waals surface area contributed by atoms with Crippen LogP contribution in [0.25, 0.3) is 10.9 Å². The molecule has 0 saturated carbocycles. The molecule has 0 unspecified atom stereocenters. The highest BCUT2D eigenvalue weighted by atomic mass is 79.9. The molecule has 0 amide bonds. The van der Waals surface area contributed by atoms with Gasteiger partial charge in [-0.05, 0) is 24.3 Å². The fourth-order valence-electron chi connectivity index (χ4n) is 1.49. The molecule has 0 aliphatic carbocycles. The second-order valence-electron chi connectivity index (χ2n) is 3.16. The van der Waals surface area contributed by atoms with Crippen LogP contribution < -0.4 is 0 Å². The standard InChI is InChI=1S/C11H9BrFN/c1-8(12)7-14-5-4-9-6-10(13)2-3-11(9)14/h2-6H,1,7H2. The van der Waals surface area contributed by atoms with Crippen molar-refractivity contribution < 1.29 is 4.39 Å². The predicted molar refractivity (Wildman–Crippen MR) is 60.0 cm³/mol.